The average molecular weight is 305 g/mol. The van der Waals surface area contributed by atoms with Crippen molar-refractivity contribution in [1.29, 1.82) is 0 Å². The fourth-order valence-electron chi connectivity index (χ4n) is 2.04. The molecule has 2 N–H and O–H groups in total. The van der Waals surface area contributed by atoms with Gasteiger partial charge in [0.05, 0.1) is 18.1 Å². The summed E-state index contributed by atoms with van der Waals surface area (Å²) in [4.78, 5) is 24.8. The second kappa shape index (κ2) is 7.03. The van der Waals surface area contributed by atoms with Crippen LogP contribution in [0.2, 0.25) is 0 Å². The van der Waals surface area contributed by atoms with Gasteiger partial charge in [-0.25, -0.2) is 8.42 Å². The van der Waals surface area contributed by atoms with E-state index in [9.17, 15) is 18.0 Å². The summed E-state index contributed by atoms with van der Waals surface area (Å²) < 4.78 is 23.0. The zero-order valence-electron chi connectivity index (χ0n) is 12.2. The third-order valence-electron chi connectivity index (χ3n) is 2.98. The minimum absolute atomic E-state index is 0.0174. The molecule has 1 atom stereocenters. The van der Waals surface area contributed by atoms with E-state index >= 15 is 0 Å². The largest absolute Gasteiger partial charge is 0.352 e. The molecule has 1 heterocycles. The summed E-state index contributed by atoms with van der Waals surface area (Å²) in [6.07, 6.45) is 0.0880. The van der Waals surface area contributed by atoms with Gasteiger partial charge in [-0.3, -0.25) is 9.59 Å². The Kier molecular flexibility index (Phi) is 5.94. The van der Waals surface area contributed by atoms with Crippen LogP contribution in [0.5, 0.6) is 0 Å². The standard InChI is InChI=1S/C12H23N3O4S/c1-9(2)14-11(16)7-15(3)12(17)6-10-8-20(18,19)5-4-13-10/h9-10,13H,4-8H2,1-3H3,(H,14,16). The van der Waals surface area contributed by atoms with Crippen molar-refractivity contribution in [3.63, 3.8) is 0 Å². The predicted molar refractivity (Wildman–Crippen MR) is 76.0 cm³/mol. The van der Waals surface area contributed by atoms with Crippen molar-refractivity contribution >= 4 is 21.7 Å². The van der Waals surface area contributed by atoms with E-state index in [0.29, 0.717) is 6.54 Å². The van der Waals surface area contributed by atoms with Gasteiger partial charge in [0.15, 0.2) is 9.84 Å². The SMILES string of the molecule is CC(C)NC(=O)CN(C)C(=O)CC1CS(=O)(=O)CCN1. The molecule has 1 aliphatic rings. The molecular weight excluding hydrogens is 282 g/mol. The number of hydrogen-bond donors (Lipinski definition) is 2. The molecule has 0 aromatic heterocycles. The highest BCUT2D eigenvalue weighted by Gasteiger charge is 2.27. The summed E-state index contributed by atoms with van der Waals surface area (Å²) in [5.74, 6) is -0.367. The highest BCUT2D eigenvalue weighted by molar-refractivity contribution is 7.91. The monoisotopic (exact) mass is 305 g/mol. The summed E-state index contributed by atoms with van der Waals surface area (Å²) >= 11 is 0. The third kappa shape index (κ3) is 5.87. The van der Waals surface area contributed by atoms with E-state index in [1.165, 1.54) is 4.90 Å². The molecule has 20 heavy (non-hydrogen) atoms. The normalized spacial score (nSPS) is 21.5. The van der Waals surface area contributed by atoms with Crippen molar-refractivity contribution < 1.29 is 18.0 Å². The van der Waals surface area contributed by atoms with Crippen LogP contribution in [0.1, 0.15) is 20.3 Å². The fraction of sp³-hybridized carbons (Fsp3) is 0.833. The molecule has 0 spiro atoms. The number of hydrogen-bond acceptors (Lipinski definition) is 5. The van der Waals surface area contributed by atoms with Crippen LogP contribution in [-0.4, -0.2) is 68.9 Å². The fourth-order valence-corrected chi connectivity index (χ4v) is 3.48. The van der Waals surface area contributed by atoms with E-state index in [4.69, 9.17) is 0 Å². The number of likely N-dealkylation sites (N-methyl/N-ethyl adjacent to an activating group) is 1. The van der Waals surface area contributed by atoms with E-state index in [1.54, 1.807) is 7.05 Å². The summed E-state index contributed by atoms with van der Waals surface area (Å²) in [5.41, 5.74) is 0. The van der Waals surface area contributed by atoms with E-state index in [0.717, 1.165) is 0 Å². The molecule has 0 bridgehead atoms. The van der Waals surface area contributed by atoms with Crippen molar-refractivity contribution in [2.24, 2.45) is 0 Å². The Morgan fingerprint density at radius 2 is 2.05 bits per heavy atom. The van der Waals surface area contributed by atoms with Crippen molar-refractivity contribution in [3.8, 4) is 0 Å². The van der Waals surface area contributed by atoms with Crippen molar-refractivity contribution in [1.82, 2.24) is 15.5 Å². The van der Waals surface area contributed by atoms with Gasteiger partial charge in [0.25, 0.3) is 0 Å². The number of carbonyl (C=O) groups is 2. The molecule has 0 aromatic rings. The lowest BCUT2D eigenvalue weighted by Gasteiger charge is -2.25. The molecule has 1 aliphatic heterocycles. The van der Waals surface area contributed by atoms with Gasteiger partial charge in [0.2, 0.25) is 11.8 Å². The van der Waals surface area contributed by atoms with E-state index in [1.807, 2.05) is 13.8 Å². The van der Waals surface area contributed by atoms with Gasteiger partial charge < -0.3 is 15.5 Å². The first-order valence-corrected chi connectivity index (χ1v) is 8.49. The van der Waals surface area contributed by atoms with Crippen LogP contribution in [0.15, 0.2) is 0 Å². The number of nitrogens with one attached hydrogen (secondary N) is 2. The zero-order valence-corrected chi connectivity index (χ0v) is 13.0. The Labute approximate surface area is 120 Å². The molecule has 0 radical (unpaired) electrons. The lowest BCUT2D eigenvalue weighted by molar-refractivity contribution is -0.135. The van der Waals surface area contributed by atoms with Gasteiger partial charge in [-0.05, 0) is 13.8 Å². The van der Waals surface area contributed by atoms with E-state index in [-0.39, 0.29) is 48.4 Å². The summed E-state index contributed by atoms with van der Waals surface area (Å²) in [7, 11) is -1.51. The molecule has 0 aromatic carbocycles. The molecule has 116 valence electrons. The minimum atomic E-state index is -3.05. The summed E-state index contributed by atoms with van der Waals surface area (Å²) in [5, 5.41) is 5.72. The first-order chi connectivity index (χ1) is 9.19. The highest BCUT2D eigenvalue weighted by atomic mass is 32.2. The van der Waals surface area contributed by atoms with Crippen LogP contribution in [0.4, 0.5) is 0 Å². The maximum Gasteiger partial charge on any atom is 0.239 e. The lowest BCUT2D eigenvalue weighted by atomic mass is 10.2. The predicted octanol–water partition coefficient (Wildman–Crippen LogP) is -1.25. The average Bonchev–Trinajstić information content (AvgIpc) is 2.25. The Hall–Kier alpha value is -1.15. The second-order valence-corrected chi connectivity index (χ2v) is 7.67. The number of sulfone groups is 1. The number of rotatable bonds is 5. The van der Waals surface area contributed by atoms with Crippen LogP contribution >= 0.6 is 0 Å². The van der Waals surface area contributed by atoms with Gasteiger partial charge >= 0.3 is 0 Å². The van der Waals surface area contributed by atoms with Crippen LogP contribution < -0.4 is 10.6 Å². The first-order valence-electron chi connectivity index (χ1n) is 6.67. The molecule has 1 unspecified atom stereocenters. The third-order valence-corrected chi connectivity index (χ3v) is 4.71. The molecule has 1 saturated heterocycles. The maximum absolute atomic E-state index is 12.0. The molecule has 2 amide bonds. The van der Waals surface area contributed by atoms with Gasteiger partial charge in [-0.1, -0.05) is 0 Å². The zero-order chi connectivity index (χ0) is 15.3. The molecule has 0 aliphatic carbocycles. The van der Waals surface area contributed by atoms with Crippen molar-refractivity contribution in [3.05, 3.63) is 0 Å². The van der Waals surface area contributed by atoms with E-state index in [2.05, 4.69) is 10.6 Å². The van der Waals surface area contributed by atoms with Gasteiger partial charge in [-0.2, -0.15) is 0 Å². The van der Waals surface area contributed by atoms with Crippen molar-refractivity contribution in [2.45, 2.75) is 32.4 Å². The lowest BCUT2D eigenvalue weighted by Crippen LogP contribution is -2.48. The number of nitrogens with zero attached hydrogens (tertiary/aromatic N) is 1. The molecule has 8 heteroatoms. The minimum Gasteiger partial charge on any atom is -0.352 e. The van der Waals surface area contributed by atoms with Crippen LogP contribution in [0, 0.1) is 0 Å². The molecule has 1 rings (SSSR count). The smallest absolute Gasteiger partial charge is 0.239 e. The van der Waals surface area contributed by atoms with Gasteiger partial charge in [0, 0.05) is 32.1 Å². The molecular formula is C12H23N3O4S. The second-order valence-electron chi connectivity index (χ2n) is 5.44. The first kappa shape index (κ1) is 16.9. The van der Waals surface area contributed by atoms with Gasteiger partial charge in [-0.15, -0.1) is 0 Å². The number of amides is 2. The Bertz CT molecular complexity index is 461. The topological polar surface area (TPSA) is 95.6 Å². The summed E-state index contributed by atoms with van der Waals surface area (Å²) in [6.45, 7) is 4.04. The Morgan fingerprint density at radius 3 is 2.60 bits per heavy atom. The van der Waals surface area contributed by atoms with Crippen molar-refractivity contribution in [2.75, 3.05) is 31.6 Å². The van der Waals surface area contributed by atoms with Crippen LogP contribution in [0.3, 0.4) is 0 Å². The Balaban J connectivity index is 2.43. The van der Waals surface area contributed by atoms with Crippen LogP contribution in [0.25, 0.3) is 0 Å². The highest BCUT2D eigenvalue weighted by Crippen LogP contribution is 2.06. The van der Waals surface area contributed by atoms with Gasteiger partial charge in [0.1, 0.15) is 0 Å². The molecule has 0 saturated carbocycles. The van der Waals surface area contributed by atoms with Crippen LogP contribution in [-0.2, 0) is 19.4 Å². The quantitative estimate of drug-likeness (QED) is 0.661. The number of carbonyl (C=O) groups excluding carboxylic acids is 2. The maximum atomic E-state index is 12.0. The Morgan fingerprint density at radius 1 is 1.40 bits per heavy atom. The van der Waals surface area contributed by atoms with E-state index < -0.39 is 9.84 Å². The molecule has 1 fully saturated rings. The molecule has 7 nitrogen and oxygen atoms in total. The summed E-state index contributed by atoms with van der Waals surface area (Å²) in [6, 6.07) is -0.340.